The van der Waals surface area contributed by atoms with Crippen LogP contribution in [0.1, 0.15) is 13.8 Å². The summed E-state index contributed by atoms with van der Waals surface area (Å²) in [5.41, 5.74) is 0.440. The van der Waals surface area contributed by atoms with Crippen LogP contribution in [0.2, 0.25) is 0 Å². The molecular formula is C8H15NO2. The molecule has 0 amide bonds. The van der Waals surface area contributed by atoms with Crippen molar-refractivity contribution in [3.8, 4) is 0 Å². The molecule has 0 rings (SSSR count). The highest BCUT2D eigenvalue weighted by atomic mass is 16.4. The van der Waals surface area contributed by atoms with Crippen LogP contribution in [0, 0.1) is 5.92 Å². The van der Waals surface area contributed by atoms with Gasteiger partial charge in [0.2, 0.25) is 0 Å². The van der Waals surface area contributed by atoms with Crippen molar-refractivity contribution in [2.24, 2.45) is 5.92 Å². The summed E-state index contributed by atoms with van der Waals surface area (Å²) in [6.07, 6.45) is 1.63. The van der Waals surface area contributed by atoms with Gasteiger partial charge in [0, 0.05) is 20.3 Å². The lowest BCUT2D eigenvalue weighted by atomic mass is 10.1. The molecule has 0 bridgehead atoms. The SMILES string of the molecule is CC(C)C(=CN(C)C)C(=O)O. The third kappa shape index (κ3) is 3.65. The lowest BCUT2D eigenvalue weighted by Gasteiger charge is -2.10. The molecule has 0 aliphatic carbocycles. The maximum Gasteiger partial charge on any atom is 0.333 e. The summed E-state index contributed by atoms with van der Waals surface area (Å²) in [7, 11) is 3.62. The molecule has 0 radical (unpaired) electrons. The van der Waals surface area contributed by atoms with Gasteiger partial charge in [0.15, 0.2) is 0 Å². The first-order valence-electron chi connectivity index (χ1n) is 3.56. The van der Waals surface area contributed by atoms with E-state index in [0.29, 0.717) is 5.57 Å². The molecule has 0 atom stereocenters. The third-order valence-electron chi connectivity index (χ3n) is 1.27. The van der Waals surface area contributed by atoms with E-state index in [2.05, 4.69) is 0 Å². The monoisotopic (exact) mass is 157 g/mol. The number of aliphatic carboxylic acids is 1. The Bertz CT molecular complexity index is 171. The first-order valence-corrected chi connectivity index (χ1v) is 3.56. The lowest BCUT2D eigenvalue weighted by Crippen LogP contribution is -2.12. The van der Waals surface area contributed by atoms with Crippen LogP contribution in [0.15, 0.2) is 11.8 Å². The zero-order valence-electron chi connectivity index (χ0n) is 7.46. The van der Waals surface area contributed by atoms with Gasteiger partial charge < -0.3 is 10.0 Å². The normalized spacial score (nSPS) is 11.9. The van der Waals surface area contributed by atoms with E-state index in [-0.39, 0.29) is 5.92 Å². The van der Waals surface area contributed by atoms with Gasteiger partial charge in [0.1, 0.15) is 0 Å². The fraction of sp³-hybridized carbons (Fsp3) is 0.625. The number of rotatable bonds is 3. The number of hydrogen-bond acceptors (Lipinski definition) is 2. The molecule has 0 fully saturated rings. The average molecular weight is 157 g/mol. The van der Waals surface area contributed by atoms with E-state index in [1.807, 2.05) is 27.9 Å². The Kier molecular flexibility index (Phi) is 3.65. The topological polar surface area (TPSA) is 40.5 Å². The van der Waals surface area contributed by atoms with E-state index in [4.69, 9.17) is 5.11 Å². The minimum absolute atomic E-state index is 0.0647. The average Bonchev–Trinajstić information content (AvgIpc) is 1.81. The highest BCUT2D eigenvalue weighted by molar-refractivity contribution is 5.86. The molecule has 0 spiro atoms. The Balaban J connectivity index is 4.47. The first kappa shape index (κ1) is 10.0. The van der Waals surface area contributed by atoms with E-state index in [0.717, 1.165) is 0 Å². The van der Waals surface area contributed by atoms with Gasteiger partial charge in [-0.25, -0.2) is 4.79 Å². The second-order valence-electron chi connectivity index (χ2n) is 3.01. The van der Waals surface area contributed by atoms with Gasteiger partial charge in [-0.2, -0.15) is 0 Å². The van der Waals surface area contributed by atoms with Crippen molar-refractivity contribution in [2.75, 3.05) is 14.1 Å². The van der Waals surface area contributed by atoms with Gasteiger partial charge in [-0.3, -0.25) is 0 Å². The fourth-order valence-electron chi connectivity index (χ4n) is 0.729. The van der Waals surface area contributed by atoms with Gasteiger partial charge >= 0.3 is 5.97 Å². The molecule has 0 aromatic heterocycles. The van der Waals surface area contributed by atoms with Crippen molar-refractivity contribution in [1.29, 1.82) is 0 Å². The van der Waals surface area contributed by atoms with E-state index < -0.39 is 5.97 Å². The molecule has 0 aromatic carbocycles. The quantitative estimate of drug-likeness (QED) is 0.625. The maximum absolute atomic E-state index is 10.6. The summed E-state index contributed by atoms with van der Waals surface area (Å²) >= 11 is 0. The summed E-state index contributed by atoms with van der Waals surface area (Å²) in [5.74, 6) is -0.774. The highest BCUT2D eigenvalue weighted by Gasteiger charge is 2.11. The summed E-state index contributed by atoms with van der Waals surface area (Å²) in [6, 6.07) is 0. The van der Waals surface area contributed by atoms with Gasteiger partial charge in [-0.05, 0) is 5.92 Å². The summed E-state index contributed by atoms with van der Waals surface area (Å²) in [4.78, 5) is 12.3. The molecule has 0 aliphatic heterocycles. The van der Waals surface area contributed by atoms with Crippen LogP contribution in [0.4, 0.5) is 0 Å². The molecule has 1 N–H and O–H groups in total. The van der Waals surface area contributed by atoms with E-state index >= 15 is 0 Å². The molecule has 0 aliphatic rings. The molecule has 0 unspecified atom stereocenters. The fourth-order valence-corrected chi connectivity index (χ4v) is 0.729. The maximum atomic E-state index is 10.6. The number of hydrogen-bond donors (Lipinski definition) is 1. The third-order valence-corrected chi connectivity index (χ3v) is 1.27. The number of carbonyl (C=O) groups is 1. The van der Waals surface area contributed by atoms with Crippen LogP contribution in [-0.2, 0) is 4.79 Å². The predicted octanol–water partition coefficient (Wildman–Crippen LogP) is 1.17. The second-order valence-corrected chi connectivity index (χ2v) is 3.01. The zero-order chi connectivity index (χ0) is 9.02. The number of nitrogens with zero attached hydrogens (tertiary/aromatic N) is 1. The van der Waals surface area contributed by atoms with Crippen molar-refractivity contribution in [1.82, 2.24) is 4.90 Å². The van der Waals surface area contributed by atoms with E-state index in [1.54, 1.807) is 11.1 Å². The highest BCUT2D eigenvalue weighted by Crippen LogP contribution is 2.09. The van der Waals surface area contributed by atoms with E-state index in [1.165, 1.54) is 0 Å². The van der Waals surface area contributed by atoms with Gasteiger partial charge in [-0.1, -0.05) is 13.8 Å². The van der Waals surface area contributed by atoms with Crippen molar-refractivity contribution in [2.45, 2.75) is 13.8 Å². The van der Waals surface area contributed by atoms with Crippen molar-refractivity contribution in [3.63, 3.8) is 0 Å². The summed E-state index contributed by atoms with van der Waals surface area (Å²) < 4.78 is 0. The number of carboxylic acid groups (broad SMARTS) is 1. The van der Waals surface area contributed by atoms with Gasteiger partial charge in [-0.15, -0.1) is 0 Å². The molecule has 11 heavy (non-hydrogen) atoms. The largest absolute Gasteiger partial charge is 0.478 e. The molecule has 3 heteroatoms. The molecule has 0 saturated heterocycles. The Morgan fingerprint density at radius 1 is 1.45 bits per heavy atom. The standard InChI is InChI=1S/C8H15NO2/c1-6(2)7(8(10)11)5-9(3)4/h5-6H,1-4H3,(H,10,11). The number of carboxylic acids is 1. The second kappa shape index (κ2) is 4.01. The van der Waals surface area contributed by atoms with Crippen molar-refractivity contribution < 1.29 is 9.90 Å². The van der Waals surface area contributed by atoms with E-state index in [9.17, 15) is 4.79 Å². The van der Waals surface area contributed by atoms with Crippen LogP contribution in [-0.4, -0.2) is 30.1 Å². The smallest absolute Gasteiger partial charge is 0.333 e. The van der Waals surface area contributed by atoms with Crippen LogP contribution in [0.3, 0.4) is 0 Å². The first-order chi connectivity index (χ1) is 4.95. The Labute approximate surface area is 67.3 Å². The minimum atomic E-state index is -0.839. The van der Waals surface area contributed by atoms with Crippen LogP contribution >= 0.6 is 0 Å². The zero-order valence-corrected chi connectivity index (χ0v) is 7.46. The lowest BCUT2D eigenvalue weighted by molar-refractivity contribution is -0.133. The van der Waals surface area contributed by atoms with Crippen LogP contribution in [0.25, 0.3) is 0 Å². The Morgan fingerprint density at radius 3 is 2.00 bits per heavy atom. The Morgan fingerprint density at radius 2 is 1.91 bits per heavy atom. The van der Waals surface area contributed by atoms with Crippen molar-refractivity contribution >= 4 is 5.97 Å². The Hall–Kier alpha value is -0.990. The van der Waals surface area contributed by atoms with Crippen LogP contribution < -0.4 is 0 Å². The molecule has 3 nitrogen and oxygen atoms in total. The van der Waals surface area contributed by atoms with Crippen molar-refractivity contribution in [3.05, 3.63) is 11.8 Å². The summed E-state index contributed by atoms with van der Waals surface area (Å²) in [5, 5.41) is 8.70. The molecule has 0 aromatic rings. The minimum Gasteiger partial charge on any atom is -0.478 e. The molecular weight excluding hydrogens is 142 g/mol. The summed E-state index contributed by atoms with van der Waals surface area (Å²) in [6.45, 7) is 3.73. The van der Waals surface area contributed by atoms with Crippen LogP contribution in [0.5, 0.6) is 0 Å². The molecule has 0 heterocycles. The molecule has 64 valence electrons. The van der Waals surface area contributed by atoms with Gasteiger partial charge in [0.25, 0.3) is 0 Å². The molecule has 0 saturated carbocycles. The predicted molar refractivity (Wildman–Crippen MR) is 44.2 cm³/mol. The van der Waals surface area contributed by atoms with Gasteiger partial charge in [0.05, 0.1) is 5.57 Å².